The number of rotatable bonds is 8. The summed E-state index contributed by atoms with van der Waals surface area (Å²) in [5, 5.41) is 0. The third-order valence-corrected chi connectivity index (χ3v) is 5.32. The van der Waals surface area contributed by atoms with Crippen LogP contribution in [-0.4, -0.2) is 22.6 Å². The summed E-state index contributed by atoms with van der Waals surface area (Å²) < 4.78 is 62.1. The fourth-order valence-corrected chi connectivity index (χ4v) is 3.51. The first-order valence-electron chi connectivity index (χ1n) is 10.5. The molecule has 3 N–H and O–H groups in total. The van der Waals surface area contributed by atoms with Gasteiger partial charge in [-0.05, 0) is 18.6 Å². The minimum absolute atomic E-state index is 0.0931. The first kappa shape index (κ1) is 25.5. The number of carbonyl (C=O) groups excluding carboxylic acids is 1. The molecule has 0 fully saturated rings. The molecule has 0 aliphatic heterocycles. The Bertz CT molecular complexity index is 1390. The first-order chi connectivity index (χ1) is 16.6. The lowest BCUT2D eigenvalue weighted by Gasteiger charge is -2.25. The smallest absolute Gasteiger partial charge is 0.330 e. The van der Waals surface area contributed by atoms with E-state index in [0.29, 0.717) is 23.3 Å². The number of anilines is 2. The number of nitrogens with one attached hydrogen (secondary N) is 1. The maximum absolute atomic E-state index is 14.5. The topological polar surface area (TPSA) is 110 Å². The van der Waals surface area contributed by atoms with Crippen LogP contribution in [0.25, 0.3) is 0 Å². The molecule has 12 heteroatoms. The van der Waals surface area contributed by atoms with Crippen molar-refractivity contribution in [2.24, 2.45) is 0 Å². The van der Waals surface area contributed by atoms with E-state index in [-0.39, 0.29) is 18.4 Å². The SMILES string of the molecule is CCCCn1c(N)c(N(Cc2ccccc2OC)C(=O)c2cc(F)c(F)c(F)c2F)c(=O)[nH]c1=O. The Labute approximate surface area is 196 Å². The van der Waals surface area contributed by atoms with Gasteiger partial charge in [0.15, 0.2) is 29.0 Å². The summed E-state index contributed by atoms with van der Waals surface area (Å²) in [7, 11) is 1.35. The predicted molar refractivity (Wildman–Crippen MR) is 120 cm³/mol. The number of carbonyl (C=O) groups is 1. The molecule has 1 heterocycles. The van der Waals surface area contributed by atoms with Gasteiger partial charge in [0.1, 0.15) is 11.6 Å². The van der Waals surface area contributed by atoms with Gasteiger partial charge in [0.05, 0.1) is 19.2 Å². The number of benzene rings is 2. The number of ether oxygens (including phenoxy) is 1. The zero-order valence-electron chi connectivity index (χ0n) is 18.8. The minimum atomic E-state index is -2.19. The largest absolute Gasteiger partial charge is 0.496 e. The molecule has 0 saturated carbocycles. The molecule has 0 aliphatic carbocycles. The summed E-state index contributed by atoms with van der Waals surface area (Å²) in [6.07, 6.45) is 1.17. The predicted octanol–water partition coefficient (Wildman–Crippen LogP) is 3.33. The Morgan fingerprint density at radius 1 is 1.11 bits per heavy atom. The second-order valence-corrected chi connectivity index (χ2v) is 7.55. The normalized spacial score (nSPS) is 10.9. The highest BCUT2D eigenvalue weighted by molar-refractivity contribution is 6.07. The van der Waals surface area contributed by atoms with Gasteiger partial charge in [0.25, 0.3) is 11.5 Å². The molecule has 0 atom stereocenters. The van der Waals surface area contributed by atoms with Gasteiger partial charge in [-0.2, -0.15) is 0 Å². The van der Waals surface area contributed by atoms with Gasteiger partial charge in [-0.25, -0.2) is 22.4 Å². The highest BCUT2D eigenvalue weighted by atomic mass is 19.2. The standard InChI is InChI=1S/C23H22F4N4O4/c1-3-4-9-30-20(28)19(21(32)29-23(30)34)31(11-12-7-5-6-8-15(12)35-2)22(33)13-10-14(24)17(26)18(27)16(13)25/h5-8,10H,3-4,9,11,28H2,1-2H3,(H,29,32,34). The first-order valence-corrected chi connectivity index (χ1v) is 10.5. The zero-order chi connectivity index (χ0) is 25.9. The number of nitrogens with zero attached hydrogens (tertiary/aromatic N) is 2. The second-order valence-electron chi connectivity index (χ2n) is 7.55. The number of para-hydroxylation sites is 1. The number of unbranched alkanes of at least 4 members (excludes halogenated alkanes) is 1. The lowest BCUT2D eigenvalue weighted by Crippen LogP contribution is -2.41. The average Bonchev–Trinajstić information content (AvgIpc) is 2.83. The summed E-state index contributed by atoms with van der Waals surface area (Å²) in [4.78, 5) is 41.2. The van der Waals surface area contributed by atoms with E-state index in [9.17, 15) is 31.9 Å². The molecule has 1 amide bonds. The number of methoxy groups -OCH3 is 1. The van der Waals surface area contributed by atoms with E-state index in [0.717, 1.165) is 4.57 Å². The van der Waals surface area contributed by atoms with Crippen molar-refractivity contribution in [1.82, 2.24) is 9.55 Å². The van der Waals surface area contributed by atoms with Gasteiger partial charge in [-0.15, -0.1) is 0 Å². The fourth-order valence-electron chi connectivity index (χ4n) is 3.51. The van der Waals surface area contributed by atoms with Crippen LogP contribution in [0.4, 0.5) is 29.1 Å². The van der Waals surface area contributed by atoms with E-state index >= 15 is 0 Å². The van der Waals surface area contributed by atoms with E-state index in [2.05, 4.69) is 0 Å². The van der Waals surface area contributed by atoms with E-state index in [1.165, 1.54) is 13.2 Å². The van der Waals surface area contributed by atoms with Crippen LogP contribution in [0, 0.1) is 23.3 Å². The Balaban J connectivity index is 2.28. The Morgan fingerprint density at radius 2 is 1.80 bits per heavy atom. The lowest BCUT2D eigenvalue weighted by molar-refractivity contribution is 0.0978. The van der Waals surface area contributed by atoms with Crippen molar-refractivity contribution >= 4 is 17.4 Å². The summed E-state index contributed by atoms with van der Waals surface area (Å²) >= 11 is 0. The fraction of sp³-hybridized carbons (Fsp3) is 0.261. The molecule has 0 saturated heterocycles. The number of amides is 1. The molecule has 0 aliphatic rings. The number of hydrogen-bond acceptors (Lipinski definition) is 5. The van der Waals surface area contributed by atoms with Crippen LogP contribution in [0.2, 0.25) is 0 Å². The van der Waals surface area contributed by atoms with Crippen LogP contribution in [0.5, 0.6) is 5.75 Å². The van der Waals surface area contributed by atoms with Crippen LogP contribution >= 0.6 is 0 Å². The maximum Gasteiger partial charge on any atom is 0.330 e. The number of aromatic amines is 1. The van der Waals surface area contributed by atoms with Crippen molar-refractivity contribution in [3.05, 3.63) is 85.6 Å². The van der Waals surface area contributed by atoms with Gasteiger partial charge in [-0.3, -0.25) is 24.0 Å². The molecule has 0 spiro atoms. The molecule has 0 unspecified atom stereocenters. The van der Waals surface area contributed by atoms with E-state index in [1.807, 2.05) is 11.9 Å². The van der Waals surface area contributed by atoms with Crippen molar-refractivity contribution in [3.63, 3.8) is 0 Å². The van der Waals surface area contributed by atoms with Crippen LogP contribution in [0.1, 0.15) is 35.7 Å². The summed E-state index contributed by atoms with van der Waals surface area (Å²) in [5.41, 5.74) is 2.76. The van der Waals surface area contributed by atoms with Crippen molar-refractivity contribution in [3.8, 4) is 5.75 Å². The van der Waals surface area contributed by atoms with Crippen LogP contribution < -0.4 is 26.6 Å². The molecule has 0 radical (unpaired) electrons. The molecule has 8 nitrogen and oxygen atoms in total. The molecule has 3 rings (SSSR count). The van der Waals surface area contributed by atoms with E-state index in [4.69, 9.17) is 10.5 Å². The van der Waals surface area contributed by atoms with E-state index in [1.54, 1.807) is 18.2 Å². The molecule has 186 valence electrons. The molecule has 1 aromatic heterocycles. The van der Waals surface area contributed by atoms with Crippen molar-refractivity contribution < 1.29 is 27.1 Å². The quantitative estimate of drug-likeness (QED) is 0.284. The number of hydrogen-bond donors (Lipinski definition) is 2. The highest BCUT2D eigenvalue weighted by Crippen LogP contribution is 2.28. The summed E-state index contributed by atoms with van der Waals surface area (Å²) in [6.45, 7) is 1.48. The second kappa shape index (κ2) is 10.5. The van der Waals surface area contributed by atoms with Crippen molar-refractivity contribution in [2.75, 3.05) is 17.7 Å². The van der Waals surface area contributed by atoms with Gasteiger partial charge in [0.2, 0.25) is 0 Å². The van der Waals surface area contributed by atoms with Gasteiger partial charge in [-0.1, -0.05) is 31.5 Å². The average molecular weight is 494 g/mol. The number of nitrogens with two attached hydrogens (primary N) is 1. The Kier molecular flexibility index (Phi) is 7.62. The third kappa shape index (κ3) is 4.91. The summed E-state index contributed by atoms with van der Waals surface area (Å²) in [6, 6.07) is 6.48. The van der Waals surface area contributed by atoms with Gasteiger partial charge < -0.3 is 10.5 Å². The van der Waals surface area contributed by atoms with E-state index < -0.39 is 64.0 Å². The Hall–Kier alpha value is -4.09. The molecule has 2 aromatic carbocycles. The lowest BCUT2D eigenvalue weighted by atomic mass is 10.1. The zero-order valence-corrected chi connectivity index (χ0v) is 18.8. The third-order valence-electron chi connectivity index (χ3n) is 5.32. The number of aromatic nitrogens is 2. The molecule has 35 heavy (non-hydrogen) atoms. The molecular formula is C23H22F4N4O4. The highest BCUT2D eigenvalue weighted by Gasteiger charge is 2.31. The van der Waals surface area contributed by atoms with Crippen LogP contribution in [-0.2, 0) is 13.1 Å². The van der Waals surface area contributed by atoms with Crippen LogP contribution in [0.15, 0.2) is 39.9 Å². The number of nitrogen functional groups attached to an aromatic ring is 1. The number of halogens is 4. The van der Waals surface area contributed by atoms with Crippen LogP contribution in [0.3, 0.4) is 0 Å². The van der Waals surface area contributed by atoms with Gasteiger partial charge >= 0.3 is 5.69 Å². The molecular weight excluding hydrogens is 472 g/mol. The van der Waals surface area contributed by atoms with Gasteiger partial charge in [0, 0.05) is 12.1 Å². The monoisotopic (exact) mass is 494 g/mol. The molecule has 0 bridgehead atoms. The summed E-state index contributed by atoms with van der Waals surface area (Å²) in [5.74, 6) is -9.59. The van der Waals surface area contributed by atoms with Crippen molar-refractivity contribution in [1.29, 1.82) is 0 Å². The Morgan fingerprint density at radius 3 is 2.46 bits per heavy atom. The molecule has 3 aromatic rings. The van der Waals surface area contributed by atoms with Crippen molar-refractivity contribution in [2.45, 2.75) is 32.9 Å². The number of H-pyrrole nitrogens is 1. The maximum atomic E-state index is 14.5. The minimum Gasteiger partial charge on any atom is -0.496 e.